The van der Waals surface area contributed by atoms with Gasteiger partial charge in [-0.05, 0) is 13.8 Å². The van der Waals surface area contributed by atoms with Crippen LogP contribution in [0.4, 0.5) is 0 Å². The maximum absolute atomic E-state index is 5.19. The van der Waals surface area contributed by atoms with E-state index in [1.54, 1.807) is 0 Å². The normalized spacial score (nSPS) is 11.0. The highest BCUT2D eigenvalue weighted by Crippen LogP contribution is 1.76. The molecule has 3 heteroatoms. The fraction of sp³-hybridized carbons (Fsp3) is 0.714. The summed E-state index contributed by atoms with van der Waals surface area (Å²) in [6.45, 7) is 6.15. The molecule has 2 radical (unpaired) electrons. The van der Waals surface area contributed by atoms with Gasteiger partial charge in [-0.3, -0.25) is 0 Å². The molecule has 0 unspecified atom stereocenters. The van der Waals surface area contributed by atoms with Crippen LogP contribution < -0.4 is 0 Å². The minimum Gasteiger partial charge on any atom is -0.410 e. The van der Waals surface area contributed by atoms with Crippen molar-refractivity contribution in [2.75, 3.05) is 19.8 Å². The largest absolute Gasteiger partial charge is 0.410 e. The van der Waals surface area contributed by atoms with Crippen molar-refractivity contribution in [1.82, 2.24) is 0 Å². The Kier molecular flexibility index (Phi) is 8.77. The van der Waals surface area contributed by atoms with Crippen LogP contribution in [0.1, 0.15) is 13.8 Å². The van der Waals surface area contributed by atoms with Crippen LogP contribution in [0.3, 0.4) is 0 Å². The molecule has 0 aliphatic carbocycles. The Hall–Kier alpha value is -0.123. The van der Waals surface area contributed by atoms with Crippen molar-refractivity contribution in [2.45, 2.75) is 13.8 Å². The minimum absolute atomic E-state index is 0.483. The Morgan fingerprint density at radius 2 is 2.20 bits per heavy atom. The Labute approximate surface area is 65.2 Å². The lowest BCUT2D eigenvalue weighted by atomic mass is 10.8. The van der Waals surface area contributed by atoms with E-state index in [9.17, 15) is 0 Å². The van der Waals surface area contributed by atoms with Crippen molar-refractivity contribution < 1.29 is 9.16 Å². The molecule has 0 aromatic heterocycles. The van der Waals surface area contributed by atoms with Gasteiger partial charge < -0.3 is 9.16 Å². The van der Waals surface area contributed by atoms with Crippen molar-refractivity contribution in [3.63, 3.8) is 0 Å². The molecule has 0 atom stereocenters. The summed E-state index contributed by atoms with van der Waals surface area (Å²) in [5.74, 6) is 0. The molecule has 0 spiro atoms. The first-order chi connectivity index (χ1) is 4.91. The third kappa shape index (κ3) is 7.88. The number of rotatable bonds is 6. The second-order valence-corrected chi connectivity index (χ2v) is 2.52. The van der Waals surface area contributed by atoms with Crippen molar-refractivity contribution in [2.24, 2.45) is 0 Å². The molecule has 10 heavy (non-hydrogen) atoms. The van der Waals surface area contributed by atoms with Gasteiger partial charge in [0.15, 0.2) is 0 Å². The minimum atomic E-state index is 0.483. The number of hydrogen-bond donors (Lipinski definition) is 0. The fourth-order valence-electron chi connectivity index (χ4n) is 0.420. The number of hydrogen-bond acceptors (Lipinski definition) is 2. The molecular formula is C7H14O2Si. The van der Waals surface area contributed by atoms with Crippen molar-refractivity contribution in [1.29, 1.82) is 0 Å². The molecule has 0 N–H and O–H groups in total. The summed E-state index contributed by atoms with van der Waals surface area (Å²) in [5.41, 5.74) is 2.01. The van der Waals surface area contributed by atoms with Crippen molar-refractivity contribution in [3.05, 3.63) is 11.8 Å². The second kappa shape index (κ2) is 8.88. The van der Waals surface area contributed by atoms with Crippen LogP contribution in [-0.2, 0) is 9.16 Å². The summed E-state index contributed by atoms with van der Waals surface area (Å²) >= 11 is 0. The van der Waals surface area contributed by atoms with Crippen LogP contribution in [0.15, 0.2) is 11.8 Å². The van der Waals surface area contributed by atoms with E-state index in [2.05, 4.69) is 0 Å². The summed E-state index contributed by atoms with van der Waals surface area (Å²) in [6, 6.07) is 0. The van der Waals surface area contributed by atoms with Gasteiger partial charge in [0.2, 0.25) is 0 Å². The summed E-state index contributed by atoms with van der Waals surface area (Å²) in [7, 11) is 0.483. The van der Waals surface area contributed by atoms with Crippen LogP contribution in [0.5, 0.6) is 0 Å². The average Bonchev–Trinajstić information content (AvgIpc) is 1.97. The van der Waals surface area contributed by atoms with Crippen LogP contribution >= 0.6 is 0 Å². The van der Waals surface area contributed by atoms with Gasteiger partial charge in [-0.2, -0.15) is 0 Å². The molecule has 0 saturated carbocycles. The summed E-state index contributed by atoms with van der Waals surface area (Å²) < 4.78 is 10.3. The highest BCUT2D eigenvalue weighted by Gasteiger charge is 1.84. The fourth-order valence-corrected chi connectivity index (χ4v) is 0.854. The first-order valence-electron chi connectivity index (χ1n) is 3.48. The van der Waals surface area contributed by atoms with E-state index in [4.69, 9.17) is 9.16 Å². The molecule has 0 aliphatic rings. The third-order valence-electron chi connectivity index (χ3n) is 0.852. The molecule has 58 valence electrons. The molecule has 0 amide bonds. The predicted octanol–water partition coefficient (Wildman–Crippen LogP) is 1.19. The predicted molar refractivity (Wildman–Crippen MR) is 43.0 cm³/mol. The summed E-state index contributed by atoms with van der Waals surface area (Å²) in [6.07, 6.45) is 1.99. The van der Waals surface area contributed by atoms with Gasteiger partial charge in [0.25, 0.3) is 9.76 Å². The smallest absolute Gasteiger partial charge is 0.260 e. The molecule has 0 saturated heterocycles. The molecular weight excluding hydrogens is 144 g/mol. The Balaban J connectivity index is 2.77. The topological polar surface area (TPSA) is 18.5 Å². The van der Waals surface area contributed by atoms with E-state index in [0.717, 1.165) is 6.61 Å². The first kappa shape index (κ1) is 9.88. The van der Waals surface area contributed by atoms with Gasteiger partial charge in [0.05, 0.1) is 13.2 Å². The summed E-state index contributed by atoms with van der Waals surface area (Å²) in [5, 5.41) is 0. The van der Waals surface area contributed by atoms with E-state index in [1.165, 1.54) is 0 Å². The number of ether oxygens (including phenoxy) is 1. The van der Waals surface area contributed by atoms with Gasteiger partial charge >= 0.3 is 0 Å². The Morgan fingerprint density at radius 1 is 1.40 bits per heavy atom. The van der Waals surface area contributed by atoms with Crippen LogP contribution in [-0.4, -0.2) is 29.6 Å². The highest BCUT2D eigenvalue weighted by atomic mass is 28.2. The van der Waals surface area contributed by atoms with Crippen molar-refractivity contribution in [3.8, 4) is 0 Å². The first-order valence-corrected chi connectivity index (χ1v) is 4.46. The van der Waals surface area contributed by atoms with Crippen LogP contribution in [0.25, 0.3) is 0 Å². The van der Waals surface area contributed by atoms with Crippen LogP contribution in [0, 0.1) is 0 Å². The van der Waals surface area contributed by atoms with Crippen molar-refractivity contribution >= 4 is 9.76 Å². The van der Waals surface area contributed by atoms with E-state index < -0.39 is 0 Å². The maximum atomic E-state index is 5.19. The zero-order valence-electron chi connectivity index (χ0n) is 6.59. The molecule has 0 aromatic rings. The molecule has 0 aliphatic heterocycles. The van der Waals surface area contributed by atoms with Gasteiger partial charge in [0, 0.05) is 6.61 Å². The Bertz CT molecular complexity index is 83.7. The van der Waals surface area contributed by atoms with E-state index in [-0.39, 0.29) is 0 Å². The zero-order chi connectivity index (χ0) is 7.66. The number of allylic oxidation sites excluding steroid dienone is 1. The lowest BCUT2D eigenvalue weighted by molar-refractivity contribution is 0.112. The molecule has 2 nitrogen and oxygen atoms in total. The average molecular weight is 158 g/mol. The summed E-state index contributed by atoms with van der Waals surface area (Å²) in [4.78, 5) is 0. The van der Waals surface area contributed by atoms with E-state index in [1.807, 2.05) is 25.6 Å². The van der Waals surface area contributed by atoms with Gasteiger partial charge in [-0.25, -0.2) is 0 Å². The zero-order valence-corrected chi connectivity index (χ0v) is 7.59. The van der Waals surface area contributed by atoms with Gasteiger partial charge in [-0.1, -0.05) is 11.8 Å². The lowest BCUT2D eigenvalue weighted by Gasteiger charge is -1.99. The standard InChI is InChI=1S/C7H14O2Si/c1-3-7-10-9-6-5-8-4-2/h3,7H,4-6H2,1-2H3/b7-3+. The molecule has 0 heterocycles. The monoisotopic (exact) mass is 158 g/mol. The molecule has 0 rings (SSSR count). The van der Waals surface area contributed by atoms with E-state index in [0.29, 0.717) is 23.0 Å². The maximum Gasteiger partial charge on any atom is 0.260 e. The Morgan fingerprint density at radius 3 is 2.80 bits per heavy atom. The third-order valence-corrected chi connectivity index (χ3v) is 1.69. The van der Waals surface area contributed by atoms with Gasteiger partial charge in [-0.15, -0.1) is 0 Å². The quantitative estimate of drug-likeness (QED) is 0.427. The SMILES string of the molecule is C/C=C/[Si]OCCOCC. The van der Waals surface area contributed by atoms with Gasteiger partial charge in [0.1, 0.15) is 0 Å². The lowest BCUT2D eigenvalue weighted by Crippen LogP contribution is -2.05. The van der Waals surface area contributed by atoms with Crippen LogP contribution in [0.2, 0.25) is 0 Å². The molecule has 0 aromatic carbocycles. The molecule has 0 fully saturated rings. The highest BCUT2D eigenvalue weighted by molar-refractivity contribution is 6.34. The van der Waals surface area contributed by atoms with E-state index >= 15 is 0 Å². The molecule has 0 bridgehead atoms. The second-order valence-electron chi connectivity index (χ2n) is 1.66.